The number of amides is 2. The van der Waals surface area contributed by atoms with Crippen molar-refractivity contribution in [3.8, 4) is 5.75 Å². The summed E-state index contributed by atoms with van der Waals surface area (Å²) in [6, 6.07) is 7.04. The van der Waals surface area contributed by atoms with Gasteiger partial charge in [-0.15, -0.1) is 0 Å². The van der Waals surface area contributed by atoms with Gasteiger partial charge in [0.2, 0.25) is 11.8 Å². The molecule has 7 heteroatoms. The first-order valence-electron chi connectivity index (χ1n) is 12.0. The van der Waals surface area contributed by atoms with Gasteiger partial charge in [-0.3, -0.25) is 9.59 Å². The summed E-state index contributed by atoms with van der Waals surface area (Å²) in [6.45, 7) is -0.00273. The topological polar surface area (TPSA) is 99.1 Å². The lowest BCUT2D eigenvalue weighted by atomic mass is 9.76. The number of nitrogens with one attached hydrogen (secondary N) is 1. The minimum atomic E-state index is -0.925. The quantitative estimate of drug-likeness (QED) is 0.627. The molecule has 1 aromatic rings. The molecule has 2 fully saturated rings. The fourth-order valence-electron chi connectivity index (χ4n) is 5.78. The molecule has 4 atom stereocenters. The van der Waals surface area contributed by atoms with Gasteiger partial charge in [0.05, 0.1) is 18.6 Å². The second-order valence-electron chi connectivity index (χ2n) is 9.49. The summed E-state index contributed by atoms with van der Waals surface area (Å²) in [6.07, 6.45) is 7.11. The maximum absolute atomic E-state index is 13.5. The summed E-state index contributed by atoms with van der Waals surface area (Å²) < 4.78 is 6.17. The van der Waals surface area contributed by atoms with Crippen molar-refractivity contribution >= 4 is 11.8 Å². The van der Waals surface area contributed by atoms with Crippen molar-refractivity contribution in [2.75, 3.05) is 13.2 Å². The van der Waals surface area contributed by atoms with Gasteiger partial charge >= 0.3 is 0 Å². The predicted octanol–water partition coefficient (Wildman–Crippen LogP) is 1.88. The number of nitrogens with zero attached hydrogens (tertiary/aromatic N) is 1. The zero-order chi connectivity index (χ0) is 22.2. The van der Waals surface area contributed by atoms with Gasteiger partial charge in [-0.05, 0) is 37.8 Å². The predicted molar refractivity (Wildman–Crippen MR) is 118 cm³/mol. The third-order valence-corrected chi connectivity index (χ3v) is 7.63. The Morgan fingerprint density at radius 2 is 1.84 bits per heavy atom. The highest BCUT2D eigenvalue weighted by atomic mass is 16.5. The number of carbonyl (C=O) groups is 2. The number of para-hydroxylation sites is 1. The molecule has 2 amide bonds. The van der Waals surface area contributed by atoms with Crippen LogP contribution in [0.15, 0.2) is 35.9 Å². The molecule has 1 heterocycles. The molecule has 32 heavy (non-hydrogen) atoms. The average Bonchev–Trinajstić information content (AvgIpc) is 3.41. The van der Waals surface area contributed by atoms with Gasteiger partial charge in [-0.25, -0.2) is 0 Å². The van der Waals surface area contributed by atoms with Gasteiger partial charge < -0.3 is 25.2 Å². The summed E-state index contributed by atoms with van der Waals surface area (Å²) in [5.74, 6) is 0.102. The second-order valence-corrected chi connectivity index (χ2v) is 9.49. The summed E-state index contributed by atoms with van der Waals surface area (Å²) in [5, 5.41) is 23.5. The SMILES string of the molecule is O=C(NCCO)C1=CC(N(C(=O)C2CCC2)C2CCCC2)C(O)C2Oc3ccccc3C12. The largest absolute Gasteiger partial charge is 0.486 e. The Kier molecular flexibility index (Phi) is 5.95. The number of hydrogen-bond acceptors (Lipinski definition) is 5. The van der Waals surface area contributed by atoms with Crippen LogP contribution in [0.4, 0.5) is 0 Å². The third kappa shape index (κ3) is 3.61. The van der Waals surface area contributed by atoms with E-state index in [1.807, 2.05) is 29.2 Å². The van der Waals surface area contributed by atoms with E-state index in [0.717, 1.165) is 50.5 Å². The van der Waals surface area contributed by atoms with Crippen LogP contribution in [-0.2, 0) is 9.59 Å². The van der Waals surface area contributed by atoms with Crippen molar-refractivity contribution in [3.05, 3.63) is 41.5 Å². The van der Waals surface area contributed by atoms with Crippen LogP contribution in [0, 0.1) is 5.92 Å². The molecule has 2 saturated carbocycles. The molecule has 1 aromatic carbocycles. The Bertz CT molecular complexity index is 905. The van der Waals surface area contributed by atoms with E-state index in [1.165, 1.54) is 0 Å². The van der Waals surface area contributed by atoms with Crippen molar-refractivity contribution in [3.63, 3.8) is 0 Å². The van der Waals surface area contributed by atoms with Gasteiger partial charge in [-0.1, -0.05) is 37.5 Å². The maximum atomic E-state index is 13.5. The Balaban J connectivity index is 1.54. The van der Waals surface area contributed by atoms with Gasteiger partial charge in [0.15, 0.2) is 0 Å². The smallest absolute Gasteiger partial charge is 0.247 e. The van der Waals surface area contributed by atoms with E-state index in [-0.39, 0.29) is 36.9 Å². The molecule has 172 valence electrons. The fraction of sp³-hybridized carbons (Fsp3) is 0.600. The Hall–Kier alpha value is -2.38. The van der Waals surface area contributed by atoms with Crippen molar-refractivity contribution in [2.24, 2.45) is 5.92 Å². The molecular weight excluding hydrogens is 408 g/mol. The molecule has 0 aromatic heterocycles. The molecule has 7 nitrogen and oxygen atoms in total. The second kappa shape index (κ2) is 8.87. The van der Waals surface area contributed by atoms with E-state index in [1.54, 1.807) is 6.08 Å². The number of ether oxygens (including phenoxy) is 1. The zero-order valence-corrected chi connectivity index (χ0v) is 18.3. The van der Waals surface area contributed by atoms with Crippen LogP contribution < -0.4 is 10.1 Å². The summed E-state index contributed by atoms with van der Waals surface area (Å²) in [4.78, 5) is 28.6. The Morgan fingerprint density at radius 3 is 2.53 bits per heavy atom. The van der Waals surface area contributed by atoms with E-state index in [4.69, 9.17) is 4.74 Å². The lowest BCUT2D eigenvalue weighted by molar-refractivity contribution is -0.147. The zero-order valence-electron chi connectivity index (χ0n) is 18.3. The van der Waals surface area contributed by atoms with Crippen LogP contribution >= 0.6 is 0 Å². The molecule has 4 aliphatic rings. The molecule has 3 N–H and O–H groups in total. The lowest BCUT2D eigenvalue weighted by Gasteiger charge is -2.45. The number of fused-ring (bicyclic) bond motifs is 3. The number of aliphatic hydroxyl groups excluding tert-OH is 2. The van der Waals surface area contributed by atoms with Crippen LogP contribution in [0.25, 0.3) is 0 Å². The highest BCUT2D eigenvalue weighted by Gasteiger charge is 2.52. The first-order valence-corrected chi connectivity index (χ1v) is 12.0. The standard InChI is InChI=1S/C25H32N2O5/c28-13-12-26-24(30)18-14-19(22(29)23-21(18)17-10-3-4-11-20(17)32-23)27(16-8-1-2-9-16)25(31)15-6-5-7-15/h3-4,10-11,14-16,19,21-23,28-29H,1-2,5-9,12-13H2,(H,26,30). The molecule has 3 aliphatic carbocycles. The Labute approximate surface area is 188 Å². The Morgan fingerprint density at radius 1 is 1.09 bits per heavy atom. The molecule has 0 bridgehead atoms. The van der Waals surface area contributed by atoms with Crippen molar-refractivity contribution in [2.45, 2.75) is 75.2 Å². The van der Waals surface area contributed by atoms with Gasteiger partial charge in [0, 0.05) is 29.6 Å². The molecule has 0 spiro atoms. The van der Waals surface area contributed by atoms with Crippen LogP contribution in [0.2, 0.25) is 0 Å². The van der Waals surface area contributed by atoms with Crippen molar-refractivity contribution < 1.29 is 24.5 Å². The van der Waals surface area contributed by atoms with Gasteiger partial charge in [0.1, 0.15) is 18.0 Å². The van der Waals surface area contributed by atoms with E-state index in [0.29, 0.717) is 11.3 Å². The number of aliphatic hydroxyl groups is 2. The van der Waals surface area contributed by atoms with Crippen molar-refractivity contribution in [1.29, 1.82) is 0 Å². The molecule has 1 aliphatic heterocycles. The number of hydrogen-bond donors (Lipinski definition) is 3. The summed E-state index contributed by atoms with van der Waals surface area (Å²) in [7, 11) is 0. The normalized spacial score (nSPS) is 29.4. The fourth-order valence-corrected chi connectivity index (χ4v) is 5.78. The van der Waals surface area contributed by atoms with Crippen LogP contribution in [0.1, 0.15) is 56.4 Å². The van der Waals surface area contributed by atoms with Crippen LogP contribution in [0.5, 0.6) is 5.75 Å². The van der Waals surface area contributed by atoms with Crippen LogP contribution in [-0.4, -0.2) is 64.4 Å². The summed E-state index contributed by atoms with van der Waals surface area (Å²) >= 11 is 0. The van der Waals surface area contributed by atoms with E-state index in [2.05, 4.69) is 5.32 Å². The van der Waals surface area contributed by atoms with Crippen molar-refractivity contribution in [1.82, 2.24) is 10.2 Å². The minimum absolute atomic E-state index is 0.0160. The first kappa shape index (κ1) is 21.5. The summed E-state index contributed by atoms with van der Waals surface area (Å²) in [5.41, 5.74) is 1.38. The van der Waals surface area contributed by atoms with Crippen LogP contribution in [0.3, 0.4) is 0 Å². The molecule has 4 unspecified atom stereocenters. The van der Waals surface area contributed by atoms with E-state index >= 15 is 0 Å². The molecule has 0 saturated heterocycles. The highest BCUT2D eigenvalue weighted by Crippen LogP contribution is 2.48. The maximum Gasteiger partial charge on any atom is 0.247 e. The first-order chi connectivity index (χ1) is 15.6. The molecule has 0 radical (unpaired) electrons. The average molecular weight is 441 g/mol. The highest BCUT2D eigenvalue weighted by molar-refractivity contribution is 5.96. The molecule has 5 rings (SSSR count). The lowest BCUT2D eigenvalue weighted by Crippen LogP contribution is -2.59. The third-order valence-electron chi connectivity index (χ3n) is 7.63. The number of benzene rings is 1. The van der Waals surface area contributed by atoms with E-state index < -0.39 is 24.2 Å². The number of rotatable bonds is 6. The monoisotopic (exact) mass is 440 g/mol. The van der Waals surface area contributed by atoms with Gasteiger partial charge in [0.25, 0.3) is 0 Å². The number of carbonyl (C=O) groups excluding carboxylic acids is 2. The van der Waals surface area contributed by atoms with E-state index in [9.17, 15) is 19.8 Å². The minimum Gasteiger partial charge on any atom is -0.486 e. The van der Waals surface area contributed by atoms with Gasteiger partial charge in [-0.2, -0.15) is 0 Å². The molecular formula is C25H32N2O5.